The minimum Gasteiger partial charge on any atom is -0.490 e. The third kappa shape index (κ3) is 5.88. The van der Waals surface area contributed by atoms with Crippen LogP contribution in [-0.4, -0.2) is 6.61 Å². The molecule has 0 radical (unpaired) electrons. The van der Waals surface area contributed by atoms with Crippen molar-refractivity contribution in [1.82, 2.24) is 0 Å². The normalized spacial score (nSPS) is 16.4. The predicted molar refractivity (Wildman–Crippen MR) is 127 cm³/mol. The van der Waals surface area contributed by atoms with Gasteiger partial charge < -0.3 is 4.74 Å². The summed E-state index contributed by atoms with van der Waals surface area (Å²) in [5.41, 5.74) is 4.33. The van der Waals surface area contributed by atoms with Gasteiger partial charge >= 0.3 is 0 Å². The number of unbranched alkanes of at least 4 members (excludes halogenated alkanes) is 3. The molecule has 30 heavy (non-hydrogen) atoms. The van der Waals surface area contributed by atoms with Gasteiger partial charge in [0.2, 0.25) is 0 Å². The third-order valence-corrected chi connectivity index (χ3v) is 6.47. The Hall–Kier alpha value is -1.80. The summed E-state index contributed by atoms with van der Waals surface area (Å²) in [6, 6.07) is 11.9. The van der Waals surface area contributed by atoms with Crippen LogP contribution in [0.5, 0.6) is 5.75 Å². The molecule has 2 aromatic carbocycles. The average Bonchev–Trinajstić information content (AvgIpc) is 2.78. The number of hydrogen-bond donors (Lipinski definition) is 0. The summed E-state index contributed by atoms with van der Waals surface area (Å²) in [6.07, 6.45) is 13.3. The van der Waals surface area contributed by atoms with Crippen LogP contribution in [0.2, 0.25) is 5.02 Å². The monoisotopic (exact) mass is 428 g/mol. The van der Waals surface area contributed by atoms with Crippen LogP contribution in [0.1, 0.15) is 77.2 Å². The van der Waals surface area contributed by atoms with Crippen molar-refractivity contribution < 1.29 is 9.13 Å². The van der Waals surface area contributed by atoms with E-state index in [0.29, 0.717) is 12.2 Å². The molecule has 1 aliphatic carbocycles. The molecule has 0 spiro atoms. The fourth-order valence-corrected chi connectivity index (χ4v) is 4.42. The second kappa shape index (κ2) is 11.6. The van der Waals surface area contributed by atoms with Crippen LogP contribution < -0.4 is 4.74 Å². The first-order chi connectivity index (χ1) is 14.6. The van der Waals surface area contributed by atoms with Gasteiger partial charge in [0.25, 0.3) is 0 Å². The largest absolute Gasteiger partial charge is 0.490 e. The molecule has 0 saturated carbocycles. The van der Waals surface area contributed by atoms with Crippen molar-refractivity contribution in [3.63, 3.8) is 0 Å². The number of ether oxygens (including phenoxy) is 1. The molecule has 0 saturated heterocycles. The molecule has 0 amide bonds. The lowest BCUT2D eigenvalue weighted by Gasteiger charge is -2.22. The standard InChI is InChI=1S/C27H34ClFO/c1-3-5-7-8-20-9-11-21(12-10-20)22-13-15-23(16-14-22)24-17-18-25(27(29)26(24)28)30-19-6-4-2/h11,13-18,20H,3-10,12,19H2,1-2H3. The molecule has 1 aliphatic rings. The summed E-state index contributed by atoms with van der Waals surface area (Å²) >= 11 is 6.34. The lowest BCUT2D eigenvalue weighted by Crippen LogP contribution is -2.05. The van der Waals surface area contributed by atoms with Gasteiger partial charge in [0.1, 0.15) is 0 Å². The van der Waals surface area contributed by atoms with E-state index >= 15 is 0 Å². The quantitative estimate of drug-likeness (QED) is 0.343. The first-order valence-corrected chi connectivity index (χ1v) is 11.9. The van der Waals surface area contributed by atoms with E-state index in [2.05, 4.69) is 32.1 Å². The van der Waals surface area contributed by atoms with Gasteiger partial charge in [0, 0.05) is 5.56 Å². The fraction of sp³-hybridized carbons (Fsp3) is 0.481. The van der Waals surface area contributed by atoms with Crippen molar-refractivity contribution in [2.24, 2.45) is 5.92 Å². The molecular weight excluding hydrogens is 395 g/mol. The lowest BCUT2D eigenvalue weighted by molar-refractivity contribution is 0.294. The van der Waals surface area contributed by atoms with E-state index in [1.807, 2.05) is 18.2 Å². The SMILES string of the molecule is CCCCCC1CC=C(c2ccc(-c3ccc(OCCCC)c(F)c3Cl)cc2)CC1. The van der Waals surface area contributed by atoms with Gasteiger partial charge in [-0.05, 0) is 60.4 Å². The highest BCUT2D eigenvalue weighted by Gasteiger charge is 2.17. The Morgan fingerprint density at radius 2 is 1.70 bits per heavy atom. The highest BCUT2D eigenvalue weighted by molar-refractivity contribution is 6.33. The summed E-state index contributed by atoms with van der Waals surface area (Å²) in [5.74, 6) is 0.604. The van der Waals surface area contributed by atoms with Crippen LogP contribution in [0.15, 0.2) is 42.5 Å². The second-order valence-corrected chi connectivity index (χ2v) is 8.76. The first-order valence-electron chi connectivity index (χ1n) is 11.5. The van der Waals surface area contributed by atoms with Crippen molar-refractivity contribution in [2.75, 3.05) is 6.61 Å². The molecule has 2 aromatic rings. The van der Waals surface area contributed by atoms with Crippen LogP contribution in [0, 0.1) is 11.7 Å². The van der Waals surface area contributed by atoms with Gasteiger partial charge in [-0.3, -0.25) is 0 Å². The maximum Gasteiger partial charge on any atom is 0.184 e. The molecule has 1 unspecified atom stereocenters. The van der Waals surface area contributed by atoms with Crippen LogP contribution >= 0.6 is 11.6 Å². The number of allylic oxidation sites excluding steroid dienone is 2. The molecule has 1 nitrogen and oxygen atoms in total. The number of hydrogen-bond acceptors (Lipinski definition) is 1. The zero-order chi connectivity index (χ0) is 21.3. The molecule has 0 aromatic heterocycles. The predicted octanol–water partition coefficient (Wildman–Crippen LogP) is 9.09. The van der Waals surface area contributed by atoms with Gasteiger partial charge in [-0.2, -0.15) is 0 Å². The van der Waals surface area contributed by atoms with Crippen LogP contribution in [-0.2, 0) is 0 Å². The highest BCUT2D eigenvalue weighted by atomic mass is 35.5. The van der Waals surface area contributed by atoms with E-state index in [0.717, 1.165) is 30.7 Å². The topological polar surface area (TPSA) is 9.23 Å². The Bertz CT molecular complexity index is 841. The zero-order valence-corrected chi connectivity index (χ0v) is 19.1. The molecule has 0 bridgehead atoms. The summed E-state index contributed by atoms with van der Waals surface area (Å²) < 4.78 is 20.1. The van der Waals surface area contributed by atoms with Gasteiger partial charge in [0.15, 0.2) is 11.6 Å². The van der Waals surface area contributed by atoms with E-state index in [9.17, 15) is 4.39 Å². The highest BCUT2D eigenvalue weighted by Crippen LogP contribution is 2.37. The first kappa shape index (κ1) is 22.9. The summed E-state index contributed by atoms with van der Waals surface area (Å²) in [4.78, 5) is 0. The summed E-state index contributed by atoms with van der Waals surface area (Å²) in [7, 11) is 0. The summed E-state index contributed by atoms with van der Waals surface area (Å²) in [5, 5.41) is 0.128. The Balaban J connectivity index is 1.67. The Labute approximate surface area is 186 Å². The van der Waals surface area contributed by atoms with Crippen molar-refractivity contribution in [3.05, 3.63) is 58.9 Å². The van der Waals surface area contributed by atoms with Gasteiger partial charge in [-0.15, -0.1) is 0 Å². The number of halogens is 2. The lowest BCUT2D eigenvalue weighted by atomic mass is 9.83. The Morgan fingerprint density at radius 3 is 2.37 bits per heavy atom. The van der Waals surface area contributed by atoms with Crippen molar-refractivity contribution in [2.45, 2.75) is 71.6 Å². The fourth-order valence-electron chi connectivity index (χ4n) is 4.15. The average molecular weight is 429 g/mol. The molecule has 0 N–H and O–H groups in total. The van der Waals surface area contributed by atoms with E-state index in [4.69, 9.17) is 16.3 Å². The maximum absolute atomic E-state index is 14.6. The smallest absolute Gasteiger partial charge is 0.184 e. The molecule has 1 atom stereocenters. The van der Waals surface area contributed by atoms with Crippen molar-refractivity contribution in [3.8, 4) is 16.9 Å². The molecule has 0 heterocycles. The second-order valence-electron chi connectivity index (χ2n) is 8.38. The van der Waals surface area contributed by atoms with E-state index < -0.39 is 5.82 Å². The van der Waals surface area contributed by atoms with E-state index in [1.165, 1.54) is 49.7 Å². The minimum atomic E-state index is -0.474. The van der Waals surface area contributed by atoms with E-state index in [-0.39, 0.29) is 10.8 Å². The van der Waals surface area contributed by atoms with E-state index in [1.54, 1.807) is 6.07 Å². The molecular formula is C27H34ClFO. The summed E-state index contributed by atoms with van der Waals surface area (Å²) in [6.45, 7) is 4.85. The van der Waals surface area contributed by atoms with Crippen LogP contribution in [0.4, 0.5) is 4.39 Å². The van der Waals surface area contributed by atoms with Crippen molar-refractivity contribution in [1.29, 1.82) is 0 Å². The third-order valence-electron chi connectivity index (χ3n) is 6.10. The van der Waals surface area contributed by atoms with Gasteiger partial charge in [-0.1, -0.05) is 87.9 Å². The Kier molecular flexibility index (Phi) is 8.81. The van der Waals surface area contributed by atoms with Crippen molar-refractivity contribution >= 4 is 17.2 Å². The number of rotatable bonds is 10. The minimum absolute atomic E-state index is 0.128. The van der Waals surface area contributed by atoms with Gasteiger partial charge in [-0.25, -0.2) is 4.39 Å². The molecule has 3 rings (SSSR count). The maximum atomic E-state index is 14.6. The molecule has 3 heteroatoms. The Morgan fingerprint density at radius 1 is 0.967 bits per heavy atom. The molecule has 0 fully saturated rings. The van der Waals surface area contributed by atoms with Crippen LogP contribution in [0.3, 0.4) is 0 Å². The number of benzene rings is 2. The van der Waals surface area contributed by atoms with Gasteiger partial charge in [0.05, 0.1) is 11.6 Å². The molecule has 0 aliphatic heterocycles. The van der Waals surface area contributed by atoms with Crippen LogP contribution in [0.25, 0.3) is 16.7 Å². The molecule has 162 valence electrons. The zero-order valence-electron chi connectivity index (χ0n) is 18.4.